The number of aromatic nitrogens is 3. The van der Waals surface area contributed by atoms with Crippen molar-refractivity contribution in [2.24, 2.45) is 5.18 Å². The third-order valence-electron chi connectivity index (χ3n) is 4.06. The summed E-state index contributed by atoms with van der Waals surface area (Å²) >= 11 is 1.46. The van der Waals surface area contributed by atoms with Crippen molar-refractivity contribution in [3.8, 4) is 22.1 Å². The number of imidazole rings is 1. The number of fused-ring (bicyclic) bond motifs is 1. The largest absolute Gasteiger partial charge is 0.453 e. The van der Waals surface area contributed by atoms with Crippen LogP contribution in [0.25, 0.3) is 20.8 Å². The topological polar surface area (TPSA) is 78.6 Å². The lowest BCUT2D eigenvalue weighted by molar-refractivity contribution is 0.187. The fourth-order valence-corrected chi connectivity index (χ4v) is 3.70. The van der Waals surface area contributed by atoms with Crippen molar-refractivity contribution in [2.75, 3.05) is 13.7 Å². The molecule has 0 bridgehead atoms. The first-order chi connectivity index (χ1) is 13.7. The normalized spacial score (nSPS) is 11.1. The SMILES string of the molecule is COCCn1cnc(-c2cc3nccc(Oc4ccc(N=O)cc4F)c3s2)c1. The molecule has 0 spiro atoms. The Morgan fingerprint density at radius 3 is 2.89 bits per heavy atom. The number of methoxy groups -OCH3 is 1. The van der Waals surface area contributed by atoms with E-state index in [2.05, 4.69) is 15.1 Å². The average Bonchev–Trinajstić information content (AvgIpc) is 3.35. The van der Waals surface area contributed by atoms with Gasteiger partial charge in [-0.05, 0) is 23.4 Å². The number of thiophene rings is 1. The highest BCUT2D eigenvalue weighted by Gasteiger charge is 2.14. The summed E-state index contributed by atoms with van der Waals surface area (Å²) in [6.45, 7) is 1.32. The predicted octanol–water partition coefficient (Wildman–Crippen LogP) is 5.14. The molecule has 7 nitrogen and oxygen atoms in total. The molecular formula is C19H15FN4O3S. The smallest absolute Gasteiger partial charge is 0.167 e. The molecule has 0 saturated carbocycles. The Morgan fingerprint density at radius 2 is 2.11 bits per heavy atom. The number of hydrogen-bond acceptors (Lipinski definition) is 7. The zero-order chi connectivity index (χ0) is 19.5. The number of halogens is 1. The minimum atomic E-state index is -0.657. The number of hydrogen-bond donors (Lipinski definition) is 0. The van der Waals surface area contributed by atoms with Crippen molar-refractivity contribution in [3.05, 3.63) is 59.8 Å². The van der Waals surface area contributed by atoms with E-state index in [0.29, 0.717) is 18.9 Å². The number of ether oxygens (including phenoxy) is 2. The van der Waals surface area contributed by atoms with Gasteiger partial charge in [0.2, 0.25) is 0 Å². The number of nitrogens with zero attached hydrogens (tertiary/aromatic N) is 4. The molecule has 1 aromatic carbocycles. The second kappa shape index (κ2) is 7.83. The Bertz CT molecular complexity index is 1140. The van der Waals surface area contributed by atoms with Crippen LogP contribution in [0.2, 0.25) is 0 Å². The second-order valence-corrected chi connectivity index (χ2v) is 6.98. The van der Waals surface area contributed by atoms with Crippen molar-refractivity contribution in [3.63, 3.8) is 0 Å². The summed E-state index contributed by atoms with van der Waals surface area (Å²) in [6.07, 6.45) is 5.29. The molecule has 142 valence electrons. The van der Waals surface area contributed by atoms with Gasteiger partial charge in [-0.25, -0.2) is 9.37 Å². The number of nitroso groups, excluding NO2 is 1. The van der Waals surface area contributed by atoms with E-state index < -0.39 is 5.82 Å². The van der Waals surface area contributed by atoms with Gasteiger partial charge in [-0.3, -0.25) is 4.98 Å². The minimum Gasteiger partial charge on any atom is -0.453 e. The molecule has 9 heteroatoms. The molecular weight excluding hydrogens is 383 g/mol. The lowest BCUT2D eigenvalue weighted by Gasteiger charge is -2.07. The van der Waals surface area contributed by atoms with Crippen LogP contribution in [0, 0.1) is 10.7 Å². The van der Waals surface area contributed by atoms with Gasteiger partial charge in [0.25, 0.3) is 0 Å². The molecule has 0 N–H and O–H groups in total. The Morgan fingerprint density at radius 1 is 1.21 bits per heavy atom. The fraction of sp³-hybridized carbons (Fsp3) is 0.158. The second-order valence-electron chi connectivity index (χ2n) is 5.93. The number of pyridine rings is 1. The lowest BCUT2D eigenvalue weighted by Crippen LogP contribution is -2.00. The summed E-state index contributed by atoms with van der Waals surface area (Å²) in [4.78, 5) is 20.2. The highest BCUT2D eigenvalue weighted by Crippen LogP contribution is 2.39. The predicted molar refractivity (Wildman–Crippen MR) is 105 cm³/mol. The van der Waals surface area contributed by atoms with Crippen molar-refractivity contribution >= 4 is 27.2 Å². The summed E-state index contributed by atoms with van der Waals surface area (Å²) in [7, 11) is 1.66. The van der Waals surface area contributed by atoms with E-state index in [1.165, 1.54) is 23.5 Å². The first-order valence-corrected chi connectivity index (χ1v) is 9.20. The monoisotopic (exact) mass is 398 g/mol. The van der Waals surface area contributed by atoms with Crippen LogP contribution in [0.4, 0.5) is 10.1 Å². The first-order valence-electron chi connectivity index (χ1n) is 8.38. The molecule has 0 saturated heterocycles. The van der Waals surface area contributed by atoms with Gasteiger partial charge >= 0.3 is 0 Å². The molecule has 28 heavy (non-hydrogen) atoms. The maximum absolute atomic E-state index is 14.1. The lowest BCUT2D eigenvalue weighted by atomic mass is 10.3. The Kier molecular flexibility index (Phi) is 5.09. The minimum absolute atomic E-state index is 0.00666. The van der Waals surface area contributed by atoms with Gasteiger partial charge in [0, 0.05) is 38.2 Å². The highest BCUT2D eigenvalue weighted by molar-refractivity contribution is 7.22. The van der Waals surface area contributed by atoms with E-state index in [4.69, 9.17) is 9.47 Å². The molecule has 0 aliphatic heterocycles. The van der Waals surface area contributed by atoms with E-state index in [-0.39, 0.29) is 11.4 Å². The molecule has 3 heterocycles. The molecule has 4 aromatic rings. The molecule has 0 unspecified atom stereocenters. The van der Waals surface area contributed by atoms with Gasteiger partial charge < -0.3 is 14.0 Å². The van der Waals surface area contributed by atoms with Crippen LogP contribution in [-0.4, -0.2) is 28.3 Å². The molecule has 0 amide bonds. The maximum atomic E-state index is 14.1. The van der Waals surface area contributed by atoms with Crippen LogP contribution in [0.1, 0.15) is 0 Å². The molecule has 3 aromatic heterocycles. The van der Waals surface area contributed by atoms with E-state index in [1.54, 1.807) is 25.7 Å². The van der Waals surface area contributed by atoms with Crippen molar-refractivity contribution in [2.45, 2.75) is 6.54 Å². The fourth-order valence-electron chi connectivity index (χ4n) is 2.68. The van der Waals surface area contributed by atoms with Crippen LogP contribution >= 0.6 is 11.3 Å². The van der Waals surface area contributed by atoms with Gasteiger partial charge in [-0.15, -0.1) is 16.2 Å². The van der Waals surface area contributed by atoms with Gasteiger partial charge in [0.05, 0.1) is 33.7 Å². The molecule has 0 fully saturated rings. The third-order valence-corrected chi connectivity index (χ3v) is 5.22. The van der Waals surface area contributed by atoms with Gasteiger partial charge in [-0.2, -0.15) is 0 Å². The van der Waals surface area contributed by atoms with Crippen molar-refractivity contribution in [1.82, 2.24) is 14.5 Å². The van der Waals surface area contributed by atoms with Crippen LogP contribution in [0.3, 0.4) is 0 Å². The molecule has 0 atom stereocenters. The molecule has 0 aliphatic carbocycles. The van der Waals surface area contributed by atoms with Crippen LogP contribution in [0.15, 0.2) is 54.2 Å². The number of rotatable bonds is 7. The van der Waals surface area contributed by atoms with Crippen LogP contribution in [-0.2, 0) is 11.3 Å². The Labute approximate surface area is 163 Å². The molecule has 4 rings (SSSR count). The number of benzene rings is 1. The maximum Gasteiger partial charge on any atom is 0.167 e. The quantitative estimate of drug-likeness (QED) is 0.403. The van der Waals surface area contributed by atoms with E-state index in [9.17, 15) is 9.30 Å². The third kappa shape index (κ3) is 3.62. The van der Waals surface area contributed by atoms with E-state index >= 15 is 0 Å². The van der Waals surface area contributed by atoms with Crippen LogP contribution in [0.5, 0.6) is 11.5 Å². The average molecular weight is 398 g/mol. The summed E-state index contributed by atoms with van der Waals surface area (Å²) in [5.74, 6) is -0.166. The van der Waals surface area contributed by atoms with Gasteiger partial charge in [0.15, 0.2) is 11.6 Å². The van der Waals surface area contributed by atoms with Crippen molar-refractivity contribution in [1.29, 1.82) is 0 Å². The first kappa shape index (κ1) is 18.2. The Balaban J connectivity index is 1.65. The van der Waals surface area contributed by atoms with Gasteiger partial charge in [0.1, 0.15) is 11.4 Å². The van der Waals surface area contributed by atoms with Gasteiger partial charge in [-0.1, -0.05) is 0 Å². The molecule has 0 radical (unpaired) electrons. The molecule has 0 aliphatic rings. The van der Waals surface area contributed by atoms with Crippen LogP contribution < -0.4 is 4.74 Å². The van der Waals surface area contributed by atoms with Crippen molar-refractivity contribution < 1.29 is 13.9 Å². The zero-order valence-electron chi connectivity index (χ0n) is 14.8. The zero-order valence-corrected chi connectivity index (χ0v) is 15.6. The Hall–Kier alpha value is -3.17. The summed E-state index contributed by atoms with van der Waals surface area (Å²) in [6, 6.07) is 7.41. The summed E-state index contributed by atoms with van der Waals surface area (Å²) in [5.41, 5.74) is 1.56. The highest BCUT2D eigenvalue weighted by atomic mass is 32.1. The van der Waals surface area contributed by atoms with E-state index in [1.807, 2.05) is 16.8 Å². The summed E-state index contributed by atoms with van der Waals surface area (Å²) < 4.78 is 27.7. The van der Waals surface area contributed by atoms with E-state index in [0.717, 1.165) is 26.9 Å². The summed E-state index contributed by atoms with van der Waals surface area (Å²) in [5, 5.41) is 2.72. The standard InChI is InChI=1S/C19H15FN4O3S/c1-26-7-6-24-10-15(22-11-24)18-9-14-19(28-18)17(4-5-21-14)27-16-3-2-12(23-25)8-13(16)20/h2-5,8-11H,6-7H2,1H3.